The Kier molecular flexibility index (Phi) is 3.45. The third-order valence-electron chi connectivity index (χ3n) is 4.42. The second kappa shape index (κ2) is 4.96. The number of halogens is 3. The summed E-state index contributed by atoms with van der Waals surface area (Å²) in [6, 6.07) is 3.51. The molecule has 1 aromatic rings. The first kappa shape index (κ1) is 15.3. The molecule has 0 spiro atoms. The van der Waals surface area contributed by atoms with Gasteiger partial charge in [-0.3, -0.25) is 9.69 Å². The van der Waals surface area contributed by atoms with Crippen LogP contribution in [0.3, 0.4) is 0 Å². The summed E-state index contributed by atoms with van der Waals surface area (Å²) in [7, 11) is 0. The molecule has 7 heteroatoms. The molecule has 1 aromatic carbocycles. The van der Waals surface area contributed by atoms with Crippen LogP contribution in [0.25, 0.3) is 0 Å². The molecule has 0 saturated carbocycles. The third-order valence-corrected chi connectivity index (χ3v) is 4.42. The number of likely N-dealkylation sites (tertiary alicyclic amines) is 1. The zero-order valence-corrected chi connectivity index (χ0v) is 12.1. The number of carbonyl (C=O) groups excluding carboxylic acids is 1. The molecule has 0 aliphatic carbocycles. The minimum atomic E-state index is -4.58. The molecule has 2 N–H and O–H groups in total. The van der Waals surface area contributed by atoms with Crippen LogP contribution in [0.5, 0.6) is 0 Å². The molecule has 0 unspecified atom stereocenters. The van der Waals surface area contributed by atoms with E-state index in [1.54, 1.807) is 4.90 Å². The van der Waals surface area contributed by atoms with E-state index in [1.165, 1.54) is 12.1 Å². The van der Waals surface area contributed by atoms with Gasteiger partial charge in [0, 0.05) is 18.7 Å². The van der Waals surface area contributed by atoms with E-state index in [0.29, 0.717) is 13.1 Å². The molecule has 0 radical (unpaired) electrons. The summed E-state index contributed by atoms with van der Waals surface area (Å²) in [6.07, 6.45) is -2.81. The number of amides is 1. The second-order valence-corrected chi connectivity index (χ2v) is 6.05. The van der Waals surface area contributed by atoms with Gasteiger partial charge in [-0.1, -0.05) is 19.1 Å². The number of nitrogens with zero attached hydrogens (tertiary/aromatic N) is 1. The number of nitrogens with one attached hydrogen (secondary N) is 1. The summed E-state index contributed by atoms with van der Waals surface area (Å²) >= 11 is 0. The van der Waals surface area contributed by atoms with Crippen molar-refractivity contribution in [3.63, 3.8) is 0 Å². The van der Waals surface area contributed by atoms with Crippen LogP contribution < -0.4 is 5.32 Å². The van der Waals surface area contributed by atoms with Gasteiger partial charge >= 0.3 is 6.18 Å². The van der Waals surface area contributed by atoms with Crippen molar-refractivity contribution in [3.8, 4) is 0 Å². The van der Waals surface area contributed by atoms with Crippen LogP contribution in [0.2, 0.25) is 0 Å². The average molecular weight is 314 g/mol. The van der Waals surface area contributed by atoms with Gasteiger partial charge in [0.05, 0.1) is 11.3 Å². The number of rotatable bonds is 1. The number of hydrogen-bond donors (Lipinski definition) is 2. The lowest BCUT2D eigenvalue weighted by Gasteiger charge is -2.39. The van der Waals surface area contributed by atoms with Crippen LogP contribution in [0.4, 0.5) is 18.9 Å². The molecule has 2 atom stereocenters. The van der Waals surface area contributed by atoms with Crippen molar-refractivity contribution < 1.29 is 23.1 Å². The fourth-order valence-corrected chi connectivity index (χ4v) is 3.33. The van der Waals surface area contributed by atoms with Crippen molar-refractivity contribution in [3.05, 3.63) is 29.3 Å². The summed E-state index contributed by atoms with van der Waals surface area (Å²) in [5.74, 6) is -0.534. The summed E-state index contributed by atoms with van der Waals surface area (Å²) in [6.45, 7) is 2.94. The van der Waals surface area contributed by atoms with Crippen molar-refractivity contribution >= 4 is 11.6 Å². The highest BCUT2D eigenvalue weighted by Gasteiger charge is 2.53. The van der Waals surface area contributed by atoms with Gasteiger partial charge in [0.2, 0.25) is 5.72 Å². The predicted octanol–water partition coefficient (Wildman–Crippen LogP) is 2.53. The van der Waals surface area contributed by atoms with Gasteiger partial charge in [-0.05, 0) is 24.8 Å². The molecular formula is C15H17F3N2O2. The molecule has 1 fully saturated rings. The first-order chi connectivity index (χ1) is 10.2. The molecule has 120 valence electrons. The van der Waals surface area contributed by atoms with Crippen LogP contribution in [-0.2, 0) is 16.7 Å². The molecule has 2 aliphatic rings. The van der Waals surface area contributed by atoms with Crippen LogP contribution in [0.1, 0.15) is 30.9 Å². The number of alkyl halides is 3. The summed E-state index contributed by atoms with van der Waals surface area (Å²) in [5.41, 5.74) is -3.30. The lowest BCUT2D eigenvalue weighted by Crippen LogP contribution is -2.54. The number of para-hydroxylation sites is 1. The Morgan fingerprint density at radius 3 is 2.77 bits per heavy atom. The van der Waals surface area contributed by atoms with Crippen LogP contribution in [0.15, 0.2) is 18.2 Å². The van der Waals surface area contributed by atoms with Gasteiger partial charge in [0.1, 0.15) is 0 Å². The summed E-state index contributed by atoms with van der Waals surface area (Å²) in [4.78, 5) is 13.8. The second-order valence-electron chi connectivity index (χ2n) is 6.05. The number of hydrogen-bond acceptors (Lipinski definition) is 3. The third kappa shape index (κ3) is 2.19. The van der Waals surface area contributed by atoms with Crippen molar-refractivity contribution in [2.75, 3.05) is 18.4 Å². The van der Waals surface area contributed by atoms with E-state index < -0.39 is 23.4 Å². The van der Waals surface area contributed by atoms with Crippen molar-refractivity contribution in [2.24, 2.45) is 5.92 Å². The zero-order valence-electron chi connectivity index (χ0n) is 12.1. The topological polar surface area (TPSA) is 52.6 Å². The first-order valence-electron chi connectivity index (χ1n) is 7.24. The fraction of sp³-hybridized carbons (Fsp3) is 0.533. The van der Waals surface area contributed by atoms with E-state index in [4.69, 9.17) is 0 Å². The highest BCUT2D eigenvalue weighted by atomic mass is 19.4. The van der Waals surface area contributed by atoms with E-state index in [0.717, 1.165) is 18.9 Å². The number of benzene rings is 1. The van der Waals surface area contributed by atoms with E-state index >= 15 is 0 Å². The molecule has 0 bridgehead atoms. The normalized spacial score (nSPS) is 29.3. The number of aliphatic hydroxyl groups is 1. The quantitative estimate of drug-likeness (QED) is 0.837. The van der Waals surface area contributed by atoms with Gasteiger partial charge in [-0.15, -0.1) is 0 Å². The highest BCUT2D eigenvalue weighted by molar-refractivity contribution is 6.05. The molecular weight excluding hydrogens is 297 g/mol. The van der Waals surface area contributed by atoms with Gasteiger partial charge < -0.3 is 10.4 Å². The Balaban J connectivity index is 2.08. The summed E-state index contributed by atoms with van der Waals surface area (Å²) in [5, 5.41) is 13.1. The van der Waals surface area contributed by atoms with Crippen molar-refractivity contribution in [1.82, 2.24) is 4.90 Å². The predicted molar refractivity (Wildman–Crippen MR) is 73.9 cm³/mol. The minimum absolute atomic E-state index is 0.0126. The fourth-order valence-electron chi connectivity index (χ4n) is 3.33. The number of fused-ring (bicyclic) bond motifs is 1. The lowest BCUT2D eigenvalue weighted by atomic mass is 9.93. The SMILES string of the molecule is C[C@H]1CCCN([C@]2(O)C(=O)Nc3c(C(F)(F)F)cccc32)C1. The van der Waals surface area contributed by atoms with Crippen molar-refractivity contribution in [2.45, 2.75) is 31.7 Å². The van der Waals surface area contributed by atoms with Crippen molar-refractivity contribution in [1.29, 1.82) is 0 Å². The molecule has 2 aliphatic heterocycles. The molecule has 22 heavy (non-hydrogen) atoms. The van der Waals surface area contributed by atoms with Gasteiger partial charge in [-0.2, -0.15) is 13.2 Å². The zero-order chi connectivity index (χ0) is 16.1. The monoisotopic (exact) mass is 314 g/mol. The summed E-state index contributed by atoms with van der Waals surface area (Å²) < 4.78 is 39.2. The minimum Gasteiger partial charge on any atom is -0.364 e. The Labute approximate surface area is 125 Å². The van der Waals surface area contributed by atoms with E-state index in [9.17, 15) is 23.1 Å². The maximum Gasteiger partial charge on any atom is 0.418 e. The number of anilines is 1. The Morgan fingerprint density at radius 2 is 2.14 bits per heavy atom. The number of piperidine rings is 1. The lowest BCUT2D eigenvalue weighted by molar-refractivity contribution is -0.163. The maximum absolute atomic E-state index is 13.1. The van der Waals surface area contributed by atoms with Crippen LogP contribution in [0, 0.1) is 5.92 Å². The molecule has 1 amide bonds. The average Bonchev–Trinajstić information content (AvgIpc) is 2.71. The first-order valence-corrected chi connectivity index (χ1v) is 7.24. The Hall–Kier alpha value is -1.60. The highest BCUT2D eigenvalue weighted by Crippen LogP contribution is 2.46. The van der Waals surface area contributed by atoms with Crippen LogP contribution in [-0.4, -0.2) is 29.0 Å². The maximum atomic E-state index is 13.1. The molecule has 4 nitrogen and oxygen atoms in total. The molecule has 0 aromatic heterocycles. The van der Waals surface area contributed by atoms with Gasteiger partial charge in [0.15, 0.2) is 0 Å². The standard InChI is InChI=1S/C15H17F3N2O2/c1-9-4-3-7-20(8-9)14(22)10-5-2-6-11(15(16,17)18)12(10)19-13(14)21/h2,5-6,9,22H,3-4,7-8H2,1H3,(H,19,21)/t9-,14+/m0/s1. The van der Waals surface area contributed by atoms with Gasteiger partial charge in [0.25, 0.3) is 5.91 Å². The smallest absolute Gasteiger partial charge is 0.364 e. The molecule has 2 heterocycles. The number of carbonyl (C=O) groups is 1. The van der Waals surface area contributed by atoms with Crippen LogP contribution >= 0.6 is 0 Å². The van der Waals surface area contributed by atoms with E-state index in [2.05, 4.69) is 5.32 Å². The largest absolute Gasteiger partial charge is 0.418 e. The molecule has 1 saturated heterocycles. The Bertz CT molecular complexity index is 617. The Morgan fingerprint density at radius 1 is 1.41 bits per heavy atom. The molecule has 3 rings (SSSR count). The van der Waals surface area contributed by atoms with E-state index in [-0.39, 0.29) is 17.2 Å². The van der Waals surface area contributed by atoms with Gasteiger partial charge in [-0.25, -0.2) is 0 Å². The van der Waals surface area contributed by atoms with E-state index in [1.807, 2.05) is 6.92 Å².